The predicted molar refractivity (Wildman–Crippen MR) is 127 cm³/mol. The van der Waals surface area contributed by atoms with Crippen molar-refractivity contribution < 1.29 is 9.84 Å². The van der Waals surface area contributed by atoms with Gasteiger partial charge in [-0.15, -0.1) is 0 Å². The second kappa shape index (κ2) is 8.36. The SMILES string of the molecule is COc1cc(-n2cnc(Nc3nc(N4CCC[C@H]4CO)c4c(C)[nH]nc4n3)c2)cc(C)c1C. The first kappa shape index (κ1) is 21.2. The normalized spacial score (nSPS) is 16.0. The van der Waals surface area contributed by atoms with Crippen molar-refractivity contribution in [3.63, 3.8) is 0 Å². The van der Waals surface area contributed by atoms with E-state index in [2.05, 4.69) is 43.4 Å². The van der Waals surface area contributed by atoms with Crippen LogP contribution in [0.15, 0.2) is 24.7 Å². The standard InChI is InChI=1S/C23H28N8O2/c1-13-8-17(9-18(33-4)14(13)2)30-10-19(24-12-30)25-23-26-21-20(15(3)28-29-21)22(27-23)31-7-5-6-16(31)11-32/h8-10,12,16,32H,5-7,11H2,1-4H3,(H2,25,26,27,28,29)/t16-/m0/s1. The number of aliphatic hydroxyl groups excluding tert-OH is 1. The average Bonchev–Trinajstić information content (AvgIpc) is 3.55. The maximum atomic E-state index is 9.83. The van der Waals surface area contributed by atoms with E-state index in [9.17, 15) is 5.11 Å². The molecule has 3 aromatic heterocycles. The van der Waals surface area contributed by atoms with Crippen LogP contribution < -0.4 is 15.0 Å². The van der Waals surface area contributed by atoms with E-state index in [4.69, 9.17) is 9.72 Å². The molecular weight excluding hydrogens is 420 g/mol. The molecule has 4 aromatic rings. The van der Waals surface area contributed by atoms with Crippen molar-refractivity contribution in [1.82, 2.24) is 29.7 Å². The lowest BCUT2D eigenvalue weighted by atomic mass is 10.1. The molecular formula is C23H28N8O2. The molecule has 1 aliphatic heterocycles. The Morgan fingerprint density at radius 3 is 2.88 bits per heavy atom. The van der Waals surface area contributed by atoms with Crippen LogP contribution in [0.2, 0.25) is 0 Å². The molecule has 10 heteroatoms. The Morgan fingerprint density at radius 1 is 1.24 bits per heavy atom. The van der Waals surface area contributed by atoms with Crippen molar-refractivity contribution in [2.45, 2.75) is 39.7 Å². The third kappa shape index (κ3) is 3.76. The van der Waals surface area contributed by atoms with E-state index in [1.165, 1.54) is 0 Å². The number of hydrogen-bond acceptors (Lipinski definition) is 8. The van der Waals surface area contributed by atoms with Gasteiger partial charge in [-0.2, -0.15) is 15.1 Å². The van der Waals surface area contributed by atoms with Crippen molar-refractivity contribution in [3.05, 3.63) is 41.5 Å². The first-order valence-electron chi connectivity index (χ1n) is 11.0. The molecule has 0 bridgehead atoms. The number of nitrogens with zero attached hydrogens (tertiary/aromatic N) is 6. The summed E-state index contributed by atoms with van der Waals surface area (Å²) in [6, 6.07) is 4.13. The number of ether oxygens (including phenoxy) is 1. The first-order valence-corrected chi connectivity index (χ1v) is 11.0. The minimum Gasteiger partial charge on any atom is -0.496 e. The maximum Gasteiger partial charge on any atom is 0.232 e. The van der Waals surface area contributed by atoms with Gasteiger partial charge < -0.3 is 24.6 Å². The van der Waals surface area contributed by atoms with Gasteiger partial charge in [-0.05, 0) is 50.8 Å². The molecule has 0 saturated carbocycles. The molecule has 3 N–H and O–H groups in total. The fourth-order valence-electron chi connectivity index (χ4n) is 4.43. The predicted octanol–water partition coefficient (Wildman–Crippen LogP) is 3.18. The van der Waals surface area contributed by atoms with Crippen LogP contribution in [0, 0.1) is 20.8 Å². The number of rotatable bonds is 6. The summed E-state index contributed by atoms with van der Waals surface area (Å²) in [6.45, 7) is 6.99. The van der Waals surface area contributed by atoms with Gasteiger partial charge in [0.25, 0.3) is 0 Å². The van der Waals surface area contributed by atoms with E-state index < -0.39 is 0 Å². The zero-order valence-electron chi connectivity index (χ0n) is 19.3. The molecule has 5 rings (SSSR count). The van der Waals surface area contributed by atoms with E-state index in [1.54, 1.807) is 13.4 Å². The number of anilines is 3. The number of fused-ring (bicyclic) bond motifs is 1. The second-order valence-corrected chi connectivity index (χ2v) is 8.47. The third-order valence-electron chi connectivity index (χ3n) is 6.38. The number of methoxy groups -OCH3 is 1. The molecule has 0 radical (unpaired) electrons. The number of aromatic amines is 1. The molecule has 0 aliphatic carbocycles. The number of aromatic nitrogens is 6. The zero-order chi connectivity index (χ0) is 23.1. The summed E-state index contributed by atoms with van der Waals surface area (Å²) in [7, 11) is 1.68. The molecule has 1 aliphatic rings. The highest BCUT2D eigenvalue weighted by Gasteiger charge is 2.28. The van der Waals surface area contributed by atoms with Crippen LogP contribution in [-0.4, -0.2) is 61.1 Å². The smallest absolute Gasteiger partial charge is 0.232 e. The van der Waals surface area contributed by atoms with Crippen LogP contribution >= 0.6 is 0 Å². The molecule has 1 saturated heterocycles. The summed E-state index contributed by atoms with van der Waals surface area (Å²) in [5, 5.41) is 21.3. The summed E-state index contributed by atoms with van der Waals surface area (Å²) in [5.74, 6) is 2.65. The molecule has 33 heavy (non-hydrogen) atoms. The Bertz CT molecular complexity index is 1310. The molecule has 4 heterocycles. The van der Waals surface area contributed by atoms with E-state index in [0.29, 0.717) is 17.4 Å². The van der Waals surface area contributed by atoms with Crippen LogP contribution in [-0.2, 0) is 0 Å². The van der Waals surface area contributed by atoms with Crippen LogP contribution in [0.3, 0.4) is 0 Å². The van der Waals surface area contributed by atoms with Gasteiger partial charge in [0.15, 0.2) is 11.5 Å². The molecule has 172 valence electrons. The third-order valence-corrected chi connectivity index (χ3v) is 6.38. The maximum absolute atomic E-state index is 9.83. The Morgan fingerprint density at radius 2 is 2.09 bits per heavy atom. The summed E-state index contributed by atoms with van der Waals surface area (Å²) < 4.78 is 7.44. The quantitative estimate of drug-likeness (QED) is 0.412. The number of benzene rings is 1. The highest BCUT2D eigenvalue weighted by atomic mass is 16.5. The average molecular weight is 449 g/mol. The number of H-pyrrole nitrogens is 1. The summed E-state index contributed by atoms with van der Waals surface area (Å²) >= 11 is 0. The van der Waals surface area contributed by atoms with Crippen molar-refractivity contribution in [2.75, 3.05) is 30.5 Å². The van der Waals surface area contributed by atoms with Gasteiger partial charge in [0.2, 0.25) is 5.95 Å². The van der Waals surface area contributed by atoms with Crippen molar-refractivity contribution in [3.8, 4) is 11.4 Å². The summed E-state index contributed by atoms with van der Waals surface area (Å²) in [6.07, 6.45) is 5.58. The van der Waals surface area contributed by atoms with Gasteiger partial charge in [-0.25, -0.2) is 4.98 Å². The van der Waals surface area contributed by atoms with Crippen LogP contribution in [0.5, 0.6) is 5.75 Å². The van der Waals surface area contributed by atoms with E-state index in [1.807, 2.05) is 30.7 Å². The molecule has 1 aromatic carbocycles. The Kier molecular flexibility index (Phi) is 5.37. The molecule has 10 nitrogen and oxygen atoms in total. The minimum atomic E-state index is 0.0456. The molecule has 1 fully saturated rings. The fourth-order valence-corrected chi connectivity index (χ4v) is 4.43. The van der Waals surface area contributed by atoms with Gasteiger partial charge in [0, 0.05) is 18.3 Å². The number of aliphatic hydroxyl groups is 1. The van der Waals surface area contributed by atoms with Crippen LogP contribution in [0.25, 0.3) is 16.7 Å². The van der Waals surface area contributed by atoms with Crippen molar-refractivity contribution >= 4 is 28.6 Å². The molecule has 0 unspecified atom stereocenters. The Labute approximate surface area is 191 Å². The van der Waals surface area contributed by atoms with Crippen LogP contribution in [0.1, 0.15) is 29.7 Å². The van der Waals surface area contributed by atoms with Gasteiger partial charge >= 0.3 is 0 Å². The van der Waals surface area contributed by atoms with Gasteiger partial charge in [0.1, 0.15) is 17.9 Å². The van der Waals surface area contributed by atoms with Crippen LogP contribution in [0.4, 0.5) is 17.6 Å². The van der Waals surface area contributed by atoms with Crippen molar-refractivity contribution in [2.24, 2.45) is 0 Å². The molecule has 0 spiro atoms. The van der Waals surface area contributed by atoms with E-state index in [-0.39, 0.29) is 12.6 Å². The Balaban J connectivity index is 1.48. The van der Waals surface area contributed by atoms with Gasteiger partial charge in [0.05, 0.1) is 37.0 Å². The highest BCUT2D eigenvalue weighted by molar-refractivity contribution is 5.91. The van der Waals surface area contributed by atoms with E-state index in [0.717, 1.165) is 58.8 Å². The van der Waals surface area contributed by atoms with Gasteiger partial charge in [-0.1, -0.05) is 0 Å². The lowest BCUT2D eigenvalue weighted by molar-refractivity contribution is 0.266. The first-order chi connectivity index (χ1) is 16.0. The monoisotopic (exact) mass is 448 g/mol. The molecule has 1 atom stereocenters. The summed E-state index contributed by atoms with van der Waals surface area (Å²) in [4.78, 5) is 16.0. The molecule has 0 amide bonds. The summed E-state index contributed by atoms with van der Waals surface area (Å²) in [5.41, 5.74) is 4.71. The highest BCUT2D eigenvalue weighted by Crippen LogP contribution is 2.32. The van der Waals surface area contributed by atoms with E-state index >= 15 is 0 Å². The largest absolute Gasteiger partial charge is 0.496 e. The second-order valence-electron chi connectivity index (χ2n) is 8.47. The Hall–Kier alpha value is -3.66. The number of aryl methyl sites for hydroxylation is 2. The topological polar surface area (TPSA) is 117 Å². The number of imidazole rings is 1. The van der Waals surface area contributed by atoms with Gasteiger partial charge in [-0.3, -0.25) is 5.10 Å². The fraction of sp³-hybridized carbons (Fsp3) is 0.391. The number of hydrogen-bond donors (Lipinski definition) is 3. The number of nitrogens with one attached hydrogen (secondary N) is 2. The lowest BCUT2D eigenvalue weighted by Gasteiger charge is -2.25. The minimum absolute atomic E-state index is 0.0456. The zero-order valence-corrected chi connectivity index (χ0v) is 19.3. The van der Waals surface area contributed by atoms with Crippen molar-refractivity contribution in [1.29, 1.82) is 0 Å². The lowest BCUT2D eigenvalue weighted by Crippen LogP contribution is -2.33.